The van der Waals surface area contributed by atoms with E-state index in [1.807, 2.05) is 33.7 Å². The maximum Gasteiger partial charge on any atom is 0.344 e. The third kappa shape index (κ3) is 7.49. The molecule has 10 nitrogen and oxygen atoms in total. The summed E-state index contributed by atoms with van der Waals surface area (Å²) in [6.07, 6.45) is 8.80. The first-order valence-corrected chi connectivity index (χ1v) is 17.1. The van der Waals surface area contributed by atoms with Gasteiger partial charge in [0.05, 0.1) is 43.0 Å². The Balaban J connectivity index is 1.05. The van der Waals surface area contributed by atoms with E-state index in [4.69, 9.17) is 19.2 Å². The minimum absolute atomic E-state index is 0.00577. The van der Waals surface area contributed by atoms with Crippen LogP contribution in [0.25, 0.3) is 0 Å². The lowest BCUT2D eigenvalue weighted by Gasteiger charge is -2.41. The van der Waals surface area contributed by atoms with Crippen LogP contribution in [0, 0.1) is 5.92 Å². The Hall–Kier alpha value is -2.89. The van der Waals surface area contributed by atoms with E-state index in [-0.39, 0.29) is 36.1 Å². The molecule has 4 aliphatic rings. The van der Waals surface area contributed by atoms with Crippen molar-refractivity contribution in [3.05, 3.63) is 51.4 Å². The zero-order valence-electron chi connectivity index (χ0n) is 25.7. The normalized spacial score (nSPS) is 21.1. The summed E-state index contributed by atoms with van der Waals surface area (Å²) in [5.41, 5.74) is 2.67. The fourth-order valence-corrected chi connectivity index (χ4v) is 7.98. The Bertz CT molecular complexity index is 1360. The quantitative estimate of drug-likeness (QED) is 0.273. The maximum absolute atomic E-state index is 13.9. The number of nitrogens with zero attached hydrogens (tertiary/aromatic N) is 4. The van der Waals surface area contributed by atoms with E-state index in [1.165, 1.54) is 32.1 Å². The van der Waals surface area contributed by atoms with E-state index in [1.54, 1.807) is 18.7 Å². The predicted molar refractivity (Wildman–Crippen MR) is 167 cm³/mol. The molecule has 0 bridgehead atoms. The van der Waals surface area contributed by atoms with E-state index in [0.717, 1.165) is 42.4 Å². The maximum atomic E-state index is 13.9. The van der Waals surface area contributed by atoms with Gasteiger partial charge in [-0.2, -0.15) is 0 Å². The number of benzene rings is 1. The van der Waals surface area contributed by atoms with Crippen molar-refractivity contribution in [1.29, 1.82) is 0 Å². The van der Waals surface area contributed by atoms with E-state index in [9.17, 15) is 14.4 Å². The molecule has 1 atom stereocenters. The van der Waals surface area contributed by atoms with Crippen LogP contribution in [-0.2, 0) is 45.1 Å². The standard InChI is InChI=1S/C33H44N4O6S/c1-2-41-30(38)22-43-25-12-10-23(11-13-25)17-35-18-24(19-35)31(39)36-15-14-29-28(21-36)32(40)37(20-26-7-6-16-42-26)33(34-29)44-27-8-4-3-5-9-27/h10-13,24,26-27H,2-9,14-22H2,1H3/t26-/m1/s1. The monoisotopic (exact) mass is 624 g/mol. The number of carbonyl (C=O) groups is 2. The van der Waals surface area contributed by atoms with Gasteiger partial charge in [-0.15, -0.1) is 0 Å². The zero-order valence-corrected chi connectivity index (χ0v) is 26.5. The van der Waals surface area contributed by atoms with E-state index >= 15 is 0 Å². The Kier molecular flexibility index (Phi) is 10.2. The van der Waals surface area contributed by atoms with Gasteiger partial charge >= 0.3 is 5.97 Å². The smallest absolute Gasteiger partial charge is 0.344 e. The molecule has 3 fully saturated rings. The molecule has 1 amide bonds. The minimum atomic E-state index is -0.385. The number of amides is 1. The highest BCUT2D eigenvalue weighted by atomic mass is 32.2. The molecule has 2 saturated heterocycles. The number of hydrogen-bond acceptors (Lipinski definition) is 9. The molecule has 1 saturated carbocycles. The number of fused-ring (bicyclic) bond motifs is 1. The highest BCUT2D eigenvalue weighted by Crippen LogP contribution is 2.34. The number of carbonyl (C=O) groups excluding carboxylic acids is 2. The lowest BCUT2D eigenvalue weighted by atomic mass is 9.96. The van der Waals surface area contributed by atoms with Crippen LogP contribution in [0.1, 0.15) is 68.7 Å². The van der Waals surface area contributed by atoms with Crippen LogP contribution in [0.15, 0.2) is 34.2 Å². The Morgan fingerprint density at radius 3 is 2.59 bits per heavy atom. The molecular weight excluding hydrogens is 580 g/mol. The van der Waals surface area contributed by atoms with Crippen molar-refractivity contribution in [2.45, 2.75) is 94.4 Å². The fraction of sp³-hybridized carbons (Fsp3) is 0.636. The van der Waals surface area contributed by atoms with Crippen molar-refractivity contribution >= 4 is 23.6 Å². The second-order valence-electron chi connectivity index (χ2n) is 12.4. The molecule has 1 aromatic heterocycles. The highest BCUT2D eigenvalue weighted by Gasteiger charge is 2.37. The number of thioether (sulfide) groups is 1. The number of esters is 1. The largest absolute Gasteiger partial charge is 0.482 e. The number of hydrogen-bond donors (Lipinski definition) is 0. The van der Waals surface area contributed by atoms with Gasteiger partial charge in [0.25, 0.3) is 5.56 Å². The molecule has 2 aromatic rings. The summed E-state index contributed by atoms with van der Waals surface area (Å²) in [5, 5.41) is 1.35. The van der Waals surface area contributed by atoms with Crippen LogP contribution in [-0.4, -0.2) is 82.0 Å². The fourth-order valence-electron chi connectivity index (χ4n) is 6.66. The highest BCUT2D eigenvalue weighted by molar-refractivity contribution is 7.99. The summed E-state index contributed by atoms with van der Waals surface area (Å²) in [6, 6.07) is 7.65. The molecule has 0 radical (unpaired) electrons. The zero-order chi connectivity index (χ0) is 30.5. The topological polar surface area (TPSA) is 103 Å². The molecule has 0 spiro atoms. The van der Waals surface area contributed by atoms with Gasteiger partial charge in [-0.1, -0.05) is 43.2 Å². The van der Waals surface area contributed by atoms with Crippen molar-refractivity contribution in [2.24, 2.45) is 5.92 Å². The third-order valence-electron chi connectivity index (χ3n) is 9.12. The molecule has 4 heterocycles. The molecule has 6 rings (SSSR count). The molecule has 238 valence electrons. The van der Waals surface area contributed by atoms with Crippen LogP contribution in [0.5, 0.6) is 5.75 Å². The molecule has 3 aliphatic heterocycles. The number of aromatic nitrogens is 2. The van der Waals surface area contributed by atoms with Gasteiger partial charge < -0.3 is 19.1 Å². The summed E-state index contributed by atoms with van der Waals surface area (Å²) in [5.74, 6) is 0.296. The van der Waals surface area contributed by atoms with Crippen molar-refractivity contribution in [2.75, 3.05) is 39.5 Å². The Labute approximate surface area is 263 Å². The summed E-state index contributed by atoms with van der Waals surface area (Å²) < 4.78 is 18.1. The molecule has 0 N–H and O–H groups in total. The second-order valence-corrected chi connectivity index (χ2v) is 13.7. The van der Waals surface area contributed by atoms with E-state index in [2.05, 4.69) is 4.90 Å². The van der Waals surface area contributed by atoms with Gasteiger partial charge in [-0.25, -0.2) is 9.78 Å². The number of likely N-dealkylation sites (tertiary alicyclic amines) is 1. The van der Waals surface area contributed by atoms with Gasteiger partial charge in [0, 0.05) is 44.5 Å². The van der Waals surface area contributed by atoms with Crippen molar-refractivity contribution < 1.29 is 23.8 Å². The lowest BCUT2D eigenvalue weighted by Crippen LogP contribution is -2.55. The third-order valence-corrected chi connectivity index (χ3v) is 10.5. The predicted octanol–water partition coefficient (Wildman–Crippen LogP) is 3.81. The first-order valence-electron chi connectivity index (χ1n) is 16.3. The number of rotatable bonds is 11. The molecule has 11 heteroatoms. The first kappa shape index (κ1) is 31.1. The first-order chi connectivity index (χ1) is 21.5. The van der Waals surface area contributed by atoms with Gasteiger partial charge in [0.1, 0.15) is 5.75 Å². The SMILES string of the molecule is CCOC(=O)COc1ccc(CN2CC(C(=O)N3CCc4nc(SC5CCCCC5)n(C[C@H]5CCCO5)c(=O)c4C3)C2)cc1. The lowest BCUT2D eigenvalue weighted by molar-refractivity contribution is -0.145. The van der Waals surface area contributed by atoms with Crippen LogP contribution < -0.4 is 10.3 Å². The minimum Gasteiger partial charge on any atom is -0.482 e. The van der Waals surface area contributed by atoms with Crippen molar-refractivity contribution in [3.63, 3.8) is 0 Å². The second kappa shape index (κ2) is 14.5. The summed E-state index contributed by atoms with van der Waals surface area (Å²) >= 11 is 1.78. The van der Waals surface area contributed by atoms with Gasteiger partial charge in [0.2, 0.25) is 5.91 Å². The van der Waals surface area contributed by atoms with Gasteiger partial charge in [-0.3, -0.25) is 19.1 Å². The van der Waals surface area contributed by atoms with Gasteiger partial charge in [-0.05, 0) is 50.3 Å². The average molecular weight is 625 g/mol. The van der Waals surface area contributed by atoms with Crippen molar-refractivity contribution in [1.82, 2.24) is 19.4 Å². The Morgan fingerprint density at radius 2 is 1.86 bits per heavy atom. The average Bonchev–Trinajstić information content (AvgIpc) is 3.54. The van der Waals surface area contributed by atoms with Crippen LogP contribution in [0.3, 0.4) is 0 Å². The van der Waals surface area contributed by atoms with Crippen molar-refractivity contribution in [3.8, 4) is 5.75 Å². The summed E-state index contributed by atoms with van der Waals surface area (Å²) in [4.78, 5) is 48.1. The van der Waals surface area contributed by atoms with Gasteiger partial charge in [0.15, 0.2) is 11.8 Å². The summed E-state index contributed by atoms with van der Waals surface area (Å²) in [7, 11) is 0. The molecule has 0 unspecified atom stereocenters. The number of ether oxygens (including phenoxy) is 3. The molecular formula is C33H44N4O6S. The van der Waals surface area contributed by atoms with E-state index < -0.39 is 0 Å². The summed E-state index contributed by atoms with van der Waals surface area (Å²) in [6.45, 7) is 6.35. The van der Waals surface area contributed by atoms with Crippen LogP contribution >= 0.6 is 11.8 Å². The molecule has 44 heavy (non-hydrogen) atoms. The molecule has 1 aromatic carbocycles. The van der Waals surface area contributed by atoms with E-state index in [0.29, 0.717) is 62.3 Å². The molecule has 1 aliphatic carbocycles. The Morgan fingerprint density at radius 1 is 1.07 bits per heavy atom. The van der Waals surface area contributed by atoms with Crippen LogP contribution in [0.4, 0.5) is 0 Å². The van der Waals surface area contributed by atoms with Crippen LogP contribution in [0.2, 0.25) is 0 Å².